The third-order valence-electron chi connectivity index (χ3n) is 3.28. The van der Waals surface area contributed by atoms with Gasteiger partial charge in [-0.3, -0.25) is 4.98 Å². The highest BCUT2D eigenvalue weighted by Gasteiger charge is 2.33. The summed E-state index contributed by atoms with van der Waals surface area (Å²) in [5.41, 5.74) is 2.37. The number of rotatable bonds is 3. The molecule has 94 valence electrons. The second kappa shape index (κ2) is 4.52. The van der Waals surface area contributed by atoms with Gasteiger partial charge in [-0.2, -0.15) is 0 Å². The summed E-state index contributed by atoms with van der Waals surface area (Å²) in [6.07, 6.45) is 1.84. The Hall–Kier alpha value is -1.13. The van der Waals surface area contributed by atoms with Gasteiger partial charge in [-0.15, -0.1) is 0 Å². The highest BCUT2D eigenvalue weighted by Crippen LogP contribution is 2.29. The van der Waals surface area contributed by atoms with Crippen LogP contribution in [0.5, 0.6) is 0 Å². The third-order valence-corrected chi connectivity index (χ3v) is 3.72. The molecule has 0 aliphatic carbocycles. The average molecular weight is 307 g/mol. The van der Waals surface area contributed by atoms with Crippen LogP contribution in [0.1, 0.15) is 6.92 Å². The van der Waals surface area contributed by atoms with E-state index in [0.29, 0.717) is 0 Å². The average Bonchev–Trinajstić information content (AvgIpc) is 2.33. The van der Waals surface area contributed by atoms with Crippen LogP contribution in [0.25, 0.3) is 10.9 Å². The number of aromatic nitrogens is 1. The van der Waals surface area contributed by atoms with E-state index in [1.165, 1.54) is 0 Å². The number of pyridine rings is 1. The van der Waals surface area contributed by atoms with Gasteiger partial charge in [0.15, 0.2) is 0 Å². The predicted molar refractivity (Wildman–Crippen MR) is 76.9 cm³/mol. The molecule has 1 aromatic heterocycles. The molecule has 1 aromatic carbocycles. The van der Waals surface area contributed by atoms with Crippen molar-refractivity contribution in [2.45, 2.75) is 6.92 Å². The van der Waals surface area contributed by atoms with Gasteiger partial charge in [0, 0.05) is 28.0 Å². The van der Waals surface area contributed by atoms with Crippen molar-refractivity contribution >= 4 is 32.5 Å². The van der Waals surface area contributed by atoms with Crippen molar-refractivity contribution in [1.82, 2.24) is 4.98 Å². The lowest BCUT2D eigenvalue weighted by molar-refractivity contribution is -0.0924. The van der Waals surface area contributed by atoms with E-state index in [9.17, 15) is 0 Å². The summed E-state index contributed by atoms with van der Waals surface area (Å²) in [6.45, 7) is 4.83. The standard InChI is InChI=1S/C14H15BrN2O/c1-14(8-18-9-14)7-17-12-4-2-3-10-5-11(15)6-16-13(10)12/h2-6,17H,7-9H2,1H3. The Morgan fingerprint density at radius 3 is 3.00 bits per heavy atom. The van der Waals surface area contributed by atoms with Crippen LogP contribution in [0.4, 0.5) is 5.69 Å². The van der Waals surface area contributed by atoms with E-state index in [-0.39, 0.29) is 5.41 Å². The normalized spacial score (nSPS) is 17.4. The zero-order chi connectivity index (χ0) is 12.6. The molecule has 0 atom stereocenters. The van der Waals surface area contributed by atoms with E-state index < -0.39 is 0 Å². The predicted octanol–water partition coefficient (Wildman–Crippen LogP) is 3.45. The van der Waals surface area contributed by atoms with Crippen LogP contribution in [0.15, 0.2) is 34.9 Å². The number of benzene rings is 1. The number of nitrogens with zero attached hydrogens (tertiary/aromatic N) is 1. The molecule has 1 fully saturated rings. The first kappa shape index (κ1) is 11.9. The number of anilines is 1. The largest absolute Gasteiger partial charge is 0.383 e. The Morgan fingerprint density at radius 2 is 2.28 bits per heavy atom. The van der Waals surface area contributed by atoms with Crippen LogP contribution in [-0.4, -0.2) is 24.7 Å². The number of nitrogens with one attached hydrogen (secondary N) is 1. The van der Waals surface area contributed by atoms with Crippen molar-refractivity contribution in [3.8, 4) is 0 Å². The molecule has 18 heavy (non-hydrogen) atoms. The lowest BCUT2D eigenvalue weighted by Crippen LogP contribution is -2.45. The molecule has 0 bridgehead atoms. The highest BCUT2D eigenvalue weighted by atomic mass is 79.9. The molecule has 2 aromatic rings. The maximum atomic E-state index is 5.27. The van der Waals surface area contributed by atoms with Crippen LogP contribution in [-0.2, 0) is 4.74 Å². The van der Waals surface area contributed by atoms with Crippen molar-refractivity contribution in [2.75, 3.05) is 25.1 Å². The monoisotopic (exact) mass is 306 g/mol. The van der Waals surface area contributed by atoms with Gasteiger partial charge >= 0.3 is 0 Å². The molecule has 1 saturated heterocycles. The van der Waals surface area contributed by atoms with Gasteiger partial charge in [0.1, 0.15) is 0 Å². The Morgan fingerprint density at radius 1 is 1.44 bits per heavy atom. The molecule has 4 heteroatoms. The quantitative estimate of drug-likeness (QED) is 0.943. The molecular weight excluding hydrogens is 292 g/mol. The van der Waals surface area contributed by atoms with Crippen LogP contribution >= 0.6 is 15.9 Å². The smallest absolute Gasteiger partial charge is 0.0934 e. The fraction of sp³-hybridized carbons (Fsp3) is 0.357. The number of fused-ring (bicyclic) bond motifs is 1. The van der Waals surface area contributed by atoms with Crippen LogP contribution in [0.3, 0.4) is 0 Å². The summed E-state index contributed by atoms with van der Waals surface area (Å²) >= 11 is 3.45. The SMILES string of the molecule is CC1(CNc2cccc3cc(Br)cnc23)COC1. The minimum atomic E-state index is 0.261. The van der Waals surface area contributed by atoms with E-state index in [2.05, 4.69) is 57.4 Å². The lowest BCUT2D eigenvalue weighted by Gasteiger charge is -2.38. The number of ether oxygens (including phenoxy) is 1. The fourth-order valence-electron chi connectivity index (χ4n) is 2.14. The molecule has 0 saturated carbocycles. The first-order chi connectivity index (χ1) is 8.66. The number of para-hydroxylation sites is 1. The van der Waals surface area contributed by atoms with Gasteiger partial charge in [0.05, 0.1) is 24.4 Å². The Balaban J connectivity index is 1.87. The second-order valence-corrected chi connectivity index (χ2v) is 6.10. The number of halogens is 1. The van der Waals surface area contributed by atoms with Gasteiger partial charge in [-0.25, -0.2) is 0 Å². The summed E-state index contributed by atoms with van der Waals surface area (Å²) in [5, 5.41) is 4.63. The molecule has 1 N–H and O–H groups in total. The zero-order valence-electron chi connectivity index (χ0n) is 10.2. The first-order valence-corrected chi connectivity index (χ1v) is 6.82. The van der Waals surface area contributed by atoms with Crippen molar-refractivity contribution in [3.63, 3.8) is 0 Å². The number of hydrogen-bond donors (Lipinski definition) is 1. The summed E-state index contributed by atoms with van der Waals surface area (Å²) in [5.74, 6) is 0. The molecule has 0 radical (unpaired) electrons. The molecule has 2 heterocycles. The zero-order valence-corrected chi connectivity index (χ0v) is 11.8. The minimum absolute atomic E-state index is 0.261. The Labute approximate surface area is 115 Å². The van der Waals surface area contributed by atoms with Crippen molar-refractivity contribution in [2.24, 2.45) is 5.41 Å². The maximum absolute atomic E-state index is 5.27. The maximum Gasteiger partial charge on any atom is 0.0934 e. The topological polar surface area (TPSA) is 34.2 Å². The van der Waals surface area contributed by atoms with Gasteiger partial charge in [-0.05, 0) is 28.1 Å². The number of hydrogen-bond acceptors (Lipinski definition) is 3. The molecule has 1 aliphatic heterocycles. The van der Waals surface area contributed by atoms with Gasteiger partial charge in [-0.1, -0.05) is 19.1 Å². The van der Waals surface area contributed by atoms with Gasteiger partial charge in [0.25, 0.3) is 0 Å². The first-order valence-electron chi connectivity index (χ1n) is 6.02. The van der Waals surface area contributed by atoms with Crippen molar-refractivity contribution < 1.29 is 4.74 Å². The Bertz CT molecular complexity index is 581. The minimum Gasteiger partial charge on any atom is -0.383 e. The summed E-state index contributed by atoms with van der Waals surface area (Å²) in [4.78, 5) is 4.48. The van der Waals surface area contributed by atoms with Gasteiger partial charge in [0.2, 0.25) is 0 Å². The molecule has 0 amide bonds. The lowest BCUT2D eigenvalue weighted by atomic mass is 9.88. The molecular formula is C14H15BrN2O. The van der Waals surface area contributed by atoms with Crippen LogP contribution in [0, 0.1) is 5.41 Å². The van der Waals surface area contributed by atoms with Gasteiger partial charge < -0.3 is 10.1 Å². The van der Waals surface area contributed by atoms with E-state index in [1.54, 1.807) is 0 Å². The van der Waals surface area contributed by atoms with E-state index in [4.69, 9.17) is 4.74 Å². The molecule has 3 rings (SSSR count). The van der Waals surface area contributed by atoms with E-state index >= 15 is 0 Å². The van der Waals surface area contributed by atoms with Crippen molar-refractivity contribution in [3.05, 3.63) is 34.9 Å². The van der Waals surface area contributed by atoms with Crippen LogP contribution < -0.4 is 5.32 Å². The highest BCUT2D eigenvalue weighted by molar-refractivity contribution is 9.10. The molecule has 0 spiro atoms. The molecule has 0 unspecified atom stereocenters. The molecule has 1 aliphatic rings. The van der Waals surface area contributed by atoms with Crippen molar-refractivity contribution in [1.29, 1.82) is 0 Å². The molecule has 3 nitrogen and oxygen atoms in total. The summed E-state index contributed by atoms with van der Waals surface area (Å²) < 4.78 is 6.27. The van der Waals surface area contributed by atoms with E-state index in [1.807, 2.05) is 6.20 Å². The summed E-state index contributed by atoms with van der Waals surface area (Å²) in [7, 11) is 0. The fourth-order valence-corrected chi connectivity index (χ4v) is 2.49. The van der Waals surface area contributed by atoms with Crippen LogP contribution in [0.2, 0.25) is 0 Å². The van der Waals surface area contributed by atoms with E-state index in [0.717, 1.165) is 40.8 Å². The Kier molecular flexibility index (Phi) is 2.99. The third kappa shape index (κ3) is 2.22. The summed E-state index contributed by atoms with van der Waals surface area (Å²) in [6, 6.07) is 8.29. The second-order valence-electron chi connectivity index (χ2n) is 5.19.